The largest absolute Gasteiger partial charge is 0.597 e. The second-order valence-corrected chi connectivity index (χ2v) is 1.84. The molecule has 0 aliphatic carbocycles. The summed E-state index contributed by atoms with van der Waals surface area (Å²) in [6.45, 7) is -0.201. The highest BCUT2D eigenvalue weighted by Crippen LogP contribution is 1.85. The summed E-state index contributed by atoms with van der Waals surface area (Å²) >= 11 is 5.27. The monoisotopic (exact) mass is 181 g/mol. The zero-order valence-corrected chi connectivity index (χ0v) is 6.65. The number of oxime groups is 1. The molecule has 0 fully saturated rings. The fourth-order valence-electron chi connectivity index (χ4n) is 0.377. The molecule has 0 atom stereocenters. The minimum atomic E-state index is -0.201. The van der Waals surface area contributed by atoms with E-state index in [1.807, 2.05) is 0 Å². The molecule has 0 radical (unpaired) electrons. The Kier molecular flexibility index (Phi) is 5.18. The lowest BCUT2D eigenvalue weighted by Crippen LogP contribution is -2.16. The standard InChI is InChI=1S/C4H8ClN3O3/c1-11-7-8(10)3-4(2-5)6-9/h9H,2-3H2,1H3/b6-4+,8-7-. The number of alkyl halides is 1. The highest BCUT2D eigenvalue weighted by Gasteiger charge is 2.04. The van der Waals surface area contributed by atoms with Gasteiger partial charge in [0, 0.05) is 0 Å². The van der Waals surface area contributed by atoms with Crippen LogP contribution in [0.3, 0.4) is 0 Å². The maximum atomic E-state index is 10.5. The molecule has 0 aromatic rings. The first kappa shape index (κ1) is 9.96. The molecule has 0 heterocycles. The van der Waals surface area contributed by atoms with Crippen LogP contribution in [0.15, 0.2) is 10.4 Å². The third-order valence-electron chi connectivity index (χ3n) is 0.786. The Morgan fingerprint density at radius 2 is 2.45 bits per heavy atom. The van der Waals surface area contributed by atoms with Crippen LogP contribution in [0.1, 0.15) is 0 Å². The molecule has 6 nitrogen and oxygen atoms in total. The maximum absolute atomic E-state index is 10.5. The highest BCUT2D eigenvalue weighted by molar-refractivity contribution is 6.28. The molecule has 1 N–H and O–H groups in total. The van der Waals surface area contributed by atoms with E-state index in [2.05, 4.69) is 15.3 Å². The molecule has 0 aliphatic heterocycles. The van der Waals surface area contributed by atoms with Crippen LogP contribution in [0, 0.1) is 5.21 Å². The van der Waals surface area contributed by atoms with Crippen LogP contribution in [-0.4, -0.2) is 35.3 Å². The van der Waals surface area contributed by atoms with Crippen LogP contribution in [-0.2, 0) is 4.84 Å². The van der Waals surface area contributed by atoms with E-state index in [-0.39, 0.29) is 23.0 Å². The van der Waals surface area contributed by atoms with Crippen LogP contribution < -0.4 is 0 Å². The first-order valence-corrected chi connectivity index (χ1v) is 3.22. The Labute approximate surface area is 68.3 Å². The van der Waals surface area contributed by atoms with Gasteiger partial charge in [-0.1, -0.05) is 10.0 Å². The fourth-order valence-corrected chi connectivity index (χ4v) is 0.515. The summed E-state index contributed by atoms with van der Waals surface area (Å²) in [5.74, 6) is -0.0194. The molecule has 0 unspecified atom stereocenters. The van der Waals surface area contributed by atoms with Gasteiger partial charge in [-0.05, 0) is 0 Å². The van der Waals surface area contributed by atoms with Gasteiger partial charge in [-0.3, -0.25) is 0 Å². The maximum Gasteiger partial charge on any atom is 0.226 e. The van der Waals surface area contributed by atoms with Crippen LogP contribution in [0.2, 0.25) is 0 Å². The van der Waals surface area contributed by atoms with E-state index in [0.29, 0.717) is 0 Å². The van der Waals surface area contributed by atoms with Crippen molar-refractivity contribution in [2.45, 2.75) is 0 Å². The Balaban J connectivity index is 3.92. The van der Waals surface area contributed by atoms with Gasteiger partial charge < -0.3 is 15.3 Å². The summed E-state index contributed by atoms with van der Waals surface area (Å²) in [7, 11) is 1.24. The van der Waals surface area contributed by atoms with Gasteiger partial charge in [0.1, 0.15) is 12.8 Å². The molecule has 7 heteroatoms. The molecular weight excluding hydrogens is 174 g/mol. The minimum Gasteiger partial charge on any atom is -0.597 e. The van der Waals surface area contributed by atoms with E-state index in [1.165, 1.54) is 7.11 Å². The number of rotatable bonds is 4. The number of nitrogens with zero attached hydrogens (tertiary/aromatic N) is 3. The molecule has 0 aromatic carbocycles. The Hall–Kier alpha value is -1.04. The van der Waals surface area contributed by atoms with Gasteiger partial charge in [-0.25, -0.2) is 0 Å². The second-order valence-electron chi connectivity index (χ2n) is 1.57. The zero-order valence-electron chi connectivity index (χ0n) is 5.90. The molecule has 11 heavy (non-hydrogen) atoms. The van der Waals surface area contributed by atoms with Crippen LogP contribution >= 0.6 is 11.6 Å². The molecule has 0 spiro atoms. The summed E-state index contributed by atoms with van der Waals surface area (Å²) in [6.07, 6.45) is 0. The lowest BCUT2D eigenvalue weighted by atomic mass is 10.4. The Morgan fingerprint density at radius 3 is 2.82 bits per heavy atom. The van der Waals surface area contributed by atoms with Gasteiger partial charge in [0.15, 0.2) is 5.28 Å². The van der Waals surface area contributed by atoms with Gasteiger partial charge in [-0.2, -0.15) is 0 Å². The van der Waals surface area contributed by atoms with Gasteiger partial charge >= 0.3 is 0 Å². The third-order valence-corrected chi connectivity index (χ3v) is 1.09. The normalized spacial score (nSPS) is 13.3. The smallest absolute Gasteiger partial charge is 0.226 e. The summed E-state index contributed by atoms with van der Waals surface area (Å²) in [4.78, 5) is 4.37. The predicted octanol–water partition coefficient (Wildman–Crippen LogP) is 0.579. The van der Waals surface area contributed by atoms with Crippen molar-refractivity contribution in [2.24, 2.45) is 10.4 Å². The van der Waals surface area contributed by atoms with Gasteiger partial charge in [-0.15, -0.1) is 11.6 Å². The summed E-state index contributed by atoms with van der Waals surface area (Å²) in [6, 6.07) is 0. The number of hydroxylamine groups is 1. The Bertz CT molecular complexity index is 170. The molecule has 0 saturated heterocycles. The third kappa shape index (κ3) is 4.38. The molecule has 0 aliphatic rings. The first-order valence-electron chi connectivity index (χ1n) is 2.69. The number of hydrogen-bond donors (Lipinski definition) is 1. The lowest BCUT2D eigenvalue weighted by molar-refractivity contribution is -0.543. The van der Waals surface area contributed by atoms with E-state index in [9.17, 15) is 5.21 Å². The average molecular weight is 182 g/mol. The molecule has 0 aromatic heterocycles. The lowest BCUT2D eigenvalue weighted by Gasteiger charge is -1.97. The van der Waals surface area contributed by atoms with Crippen molar-refractivity contribution in [3.63, 3.8) is 0 Å². The SMILES string of the molecule is CO/N=[N+](\[O-])C/C(CCl)=N/O. The average Bonchev–Trinajstić information content (AvgIpc) is 2.01. The van der Waals surface area contributed by atoms with Crippen molar-refractivity contribution in [3.05, 3.63) is 5.21 Å². The van der Waals surface area contributed by atoms with E-state index < -0.39 is 0 Å². The van der Waals surface area contributed by atoms with E-state index in [1.54, 1.807) is 0 Å². The van der Waals surface area contributed by atoms with Crippen molar-refractivity contribution < 1.29 is 14.9 Å². The first-order chi connectivity index (χ1) is 5.24. The van der Waals surface area contributed by atoms with Gasteiger partial charge in [0.2, 0.25) is 6.54 Å². The van der Waals surface area contributed by atoms with Crippen molar-refractivity contribution in [3.8, 4) is 0 Å². The summed E-state index contributed by atoms with van der Waals surface area (Å²) in [5, 5.41) is 24.5. The van der Waals surface area contributed by atoms with Crippen LogP contribution in [0.4, 0.5) is 0 Å². The zero-order chi connectivity index (χ0) is 8.69. The quantitative estimate of drug-likeness (QED) is 0.172. The molecule has 0 rings (SSSR count). The van der Waals surface area contributed by atoms with Crippen LogP contribution in [0.5, 0.6) is 0 Å². The van der Waals surface area contributed by atoms with E-state index in [0.717, 1.165) is 0 Å². The van der Waals surface area contributed by atoms with Crippen LogP contribution in [0.25, 0.3) is 0 Å². The Morgan fingerprint density at radius 1 is 1.82 bits per heavy atom. The summed E-state index contributed by atoms with van der Waals surface area (Å²) < 4.78 is 0. The summed E-state index contributed by atoms with van der Waals surface area (Å²) in [5.41, 5.74) is 0.127. The van der Waals surface area contributed by atoms with Gasteiger partial charge in [0.25, 0.3) is 0 Å². The molecule has 64 valence electrons. The molecule has 0 bridgehead atoms. The van der Waals surface area contributed by atoms with Crippen molar-refractivity contribution in [1.82, 2.24) is 0 Å². The predicted molar refractivity (Wildman–Crippen MR) is 37.9 cm³/mol. The van der Waals surface area contributed by atoms with E-state index >= 15 is 0 Å². The van der Waals surface area contributed by atoms with Crippen molar-refractivity contribution >= 4 is 17.3 Å². The molecule has 0 saturated carbocycles. The van der Waals surface area contributed by atoms with Crippen molar-refractivity contribution in [2.75, 3.05) is 19.5 Å². The van der Waals surface area contributed by atoms with Gasteiger partial charge in [0.05, 0.1) is 5.88 Å². The number of hydrogen-bond acceptors (Lipinski definition) is 5. The molecule has 0 amide bonds. The molecular formula is C4H8ClN3O3. The van der Waals surface area contributed by atoms with Crippen molar-refractivity contribution in [1.29, 1.82) is 0 Å². The highest BCUT2D eigenvalue weighted by atomic mass is 35.5. The topological polar surface area (TPSA) is 80.2 Å². The second kappa shape index (κ2) is 5.72. The van der Waals surface area contributed by atoms with E-state index in [4.69, 9.17) is 16.8 Å². The number of halogens is 1. The fraction of sp³-hybridized carbons (Fsp3) is 0.750. The minimum absolute atomic E-state index is 0.0194.